The van der Waals surface area contributed by atoms with Crippen LogP contribution in [0, 0.1) is 0 Å². The minimum Gasteiger partial charge on any atom is -0.331 e. The average molecular weight is 304 g/mol. The molecule has 1 atom stereocenters. The van der Waals surface area contributed by atoms with Crippen molar-refractivity contribution in [3.8, 4) is 5.82 Å². The molecule has 0 bridgehead atoms. The van der Waals surface area contributed by atoms with E-state index in [0.29, 0.717) is 11.4 Å². The van der Waals surface area contributed by atoms with Crippen LogP contribution in [0.2, 0.25) is 0 Å². The van der Waals surface area contributed by atoms with Crippen molar-refractivity contribution in [1.82, 2.24) is 19.4 Å². The number of nitrogens with zero attached hydrogens (tertiary/aromatic N) is 4. The van der Waals surface area contributed by atoms with Gasteiger partial charge in [-0.2, -0.15) is 0 Å². The maximum absolute atomic E-state index is 12.8. The molecule has 4 rings (SSSR count). The summed E-state index contributed by atoms with van der Waals surface area (Å²) < 4.78 is 1.79. The summed E-state index contributed by atoms with van der Waals surface area (Å²) >= 11 is 0. The molecule has 1 aromatic carbocycles. The van der Waals surface area contributed by atoms with Gasteiger partial charge >= 0.3 is 0 Å². The second-order valence-corrected chi connectivity index (χ2v) is 5.59. The first-order valence-corrected chi connectivity index (χ1v) is 7.63. The highest BCUT2D eigenvalue weighted by molar-refractivity contribution is 5.95. The molecule has 23 heavy (non-hydrogen) atoms. The molecule has 1 aliphatic rings. The molecule has 3 heterocycles. The van der Waals surface area contributed by atoms with Gasteiger partial charge in [-0.3, -0.25) is 9.36 Å². The van der Waals surface area contributed by atoms with Gasteiger partial charge in [0.1, 0.15) is 12.1 Å². The summed E-state index contributed by atoms with van der Waals surface area (Å²) in [6.45, 7) is 0.793. The molecule has 0 unspecified atom stereocenters. The molecule has 5 heteroatoms. The van der Waals surface area contributed by atoms with Crippen molar-refractivity contribution in [1.29, 1.82) is 0 Å². The van der Waals surface area contributed by atoms with Crippen LogP contribution in [-0.4, -0.2) is 31.9 Å². The summed E-state index contributed by atoms with van der Waals surface area (Å²) in [6, 6.07) is 13.9. The second kappa shape index (κ2) is 5.68. The van der Waals surface area contributed by atoms with E-state index >= 15 is 0 Å². The molecule has 2 aromatic heterocycles. The highest BCUT2D eigenvalue weighted by atomic mass is 16.2. The lowest BCUT2D eigenvalue weighted by Gasteiger charge is -2.41. The van der Waals surface area contributed by atoms with E-state index in [4.69, 9.17) is 0 Å². The van der Waals surface area contributed by atoms with Gasteiger partial charge in [0.2, 0.25) is 0 Å². The first kappa shape index (κ1) is 13.7. The number of pyridine rings is 1. The third-order valence-corrected chi connectivity index (χ3v) is 4.23. The number of carbonyl (C=O) groups excluding carboxylic acids is 1. The lowest BCUT2D eigenvalue weighted by Crippen LogP contribution is -2.45. The van der Waals surface area contributed by atoms with Gasteiger partial charge in [0.05, 0.1) is 6.04 Å². The van der Waals surface area contributed by atoms with E-state index in [9.17, 15) is 4.79 Å². The van der Waals surface area contributed by atoms with Crippen LogP contribution in [0.4, 0.5) is 0 Å². The minimum atomic E-state index is 0.0499. The summed E-state index contributed by atoms with van der Waals surface area (Å²) in [7, 11) is 0. The number of amides is 1. The Kier molecular flexibility index (Phi) is 3.38. The van der Waals surface area contributed by atoms with Crippen LogP contribution in [0.1, 0.15) is 28.4 Å². The SMILES string of the molecule is O=C(c1ccnc(-n2ccnc2)c1)N1CC[C@@H]1c1ccccc1. The van der Waals surface area contributed by atoms with Crippen LogP contribution in [0.15, 0.2) is 67.4 Å². The van der Waals surface area contributed by atoms with Crippen molar-refractivity contribution in [2.24, 2.45) is 0 Å². The minimum absolute atomic E-state index is 0.0499. The average Bonchev–Trinajstić information content (AvgIpc) is 3.09. The van der Waals surface area contributed by atoms with E-state index < -0.39 is 0 Å². The Balaban J connectivity index is 1.59. The fourth-order valence-electron chi connectivity index (χ4n) is 2.91. The molecule has 0 aliphatic carbocycles. The van der Waals surface area contributed by atoms with Crippen LogP contribution in [0.25, 0.3) is 5.82 Å². The van der Waals surface area contributed by atoms with Crippen molar-refractivity contribution in [2.75, 3.05) is 6.54 Å². The maximum atomic E-state index is 12.8. The monoisotopic (exact) mass is 304 g/mol. The topological polar surface area (TPSA) is 51.0 Å². The van der Waals surface area contributed by atoms with E-state index in [1.807, 2.05) is 35.4 Å². The quantitative estimate of drug-likeness (QED) is 0.747. The third-order valence-electron chi connectivity index (χ3n) is 4.23. The van der Waals surface area contributed by atoms with Crippen LogP contribution in [0.3, 0.4) is 0 Å². The number of hydrogen-bond acceptors (Lipinski definition) is 3. The Bertz CT molecular complexity index is 814. The molecule has 5 nitrogen and oxygen atoms in total. The molecule has 1 saturated heterocycles. The summed E-state index contributed by atoms with van der Waals surface area (Å²) in [5, 5.41) is 0. The smallest absolute Gasteiger partial charge is 0.254 e. The molecule has 0 spiro atoms. The fraction of sp³-hybridized carbons (Fsp3) is 0.167. The molecule has 1 fully saturated rings. The largest absolute Gasteiger partial charge is 0.331 e. The van der Waals surface area contributed by atoms with Gasteiger partial charge in [-0.1, -0.05) is 30.3 Å². The van der Waals surface area contributed by atoms with Crippen LogP contribution in [-0.2, 0) is 0 Å². The summed E-state index contributed by atoms with van der Waals surface area (Å²) in [5.41, 5.74) is 1.85. The summed E-state index contributed by atoms with van der Waals surface area (Å²) in [4.78, 5) is 23.0. The molecule has 3 aromatic rings. The zero-order valence-electron chi connectivity index (χ0n) is 12.5. The lowest BCUT2D eigenvalue weighted by atomic mass is 9.94. The number of likely N-dealkylation sites (tertiary alicyclic amines) is 1. The molecule has 1 amide bonds. The molecule has 114 valence electrons. The predicted octanol–water partition coefficient (Wildman–Crippen LogP) is 2.85. The Hall–Kier alpha value is -2.95. The standard InChI is InChI=1S/C18H16N4O/c23-18(22-10-7-16(22)14-4-2-1-3-5-14)15-6-8-20-17(12-15)21-11-9-19-13-21/h1-6,8-9,11-13,16H,7,10H2/t16-/m1/s1. The number of hydrogen-bond donors (Lipinski definition) is 0. The van der Waals surface area contributed by atoms with Gasteiger partial charge in [0.25, 0.3) is 5.91 Å². The lowest BCUT2D eigenvalue weighted by molar-refractivity contribution is 0.0460. The van der Waals surface area contributed by atoms with Crippen molar-refractivity contribution in [2.45, 2.75) is 12.5 Å². The van der Waals surface area contributed by atoms with Gasteiger partial charge in [0, 0.05) is 30.7 Å². The summed E-state index contributed by atoms with van der Waals surface area (Å²) in [5.74, 6) is 0.749. The number of benzene rings is 1. The van der Waals surface area contributed by atoms with Crippen LogP contribution >= 0.6 is 0 Å². The first-order chi connectivity index (χ1) is 11.3. The zero-order valence-corrected chi connectivity index (χ0v) is 12.5. The molecular formula is C18H16N4O. The van der Waals surface area contributed by atoms with Gasteiger partial charge < -0.3 is 4.90 Å². The highest BCUT2D eigenvalue weighted by Crippen LogP contribution is 2.34. The molecular weight excluding hydrogens is 288 g/mol. The van der Waals surface area contributed by atoms with E-state index in [0.717, 1.165) is 13.0 Å². The van der Waals surface area contributed by atoms with E-state index in [2.05, 4.69) is 22.1 Å². The molecule has 0 N–H and O–H groups in total. The van der Waals surface area contributed by atoms with Gasteiger partial charge in [-0.05, 0) is 24.1 Å². The molecule has 0 radical (unpaired) electrons. The second-order valence-electron chi connectivity index (χ2n) is 5.59. The van der Waals surface area contributed by atoms with Crippen LogP contribution in [0.5, 0.6) is 0 Å². The van der Waals surface area contributed by atoms with Gasteiger partial charge in [0.15, 0.2) is 0 Å². The maximum Gasteiger partial charge on any atom is 0.254 e. The number of carbonyl (C=O) groups is 1. The third kappa shape index (κ3) is 2.50. The number of aromatic nitrogens is 3. The van der Waals surface area contributed by atoms with Crippen molar-refractivity contribution < 1.29 is 4.79 Å². The van der Waals surface area contributed by atoms with Crippen molar-refractivity contribution in [3.05, 3.63) is 78.5 Å². The zero-order chi connectivity index (χ0) is 15.6. The van der Waals surface area contributed by atoms with Crippen LogP contribution < -0.4 is 0 Å². The van der Waals surface area contributed by atoms with E-state index in [1.165, 1.54) is 5.56 Å². The Morgan fingerprint density at radius 1 is 1.13 bits per heavy atom. The first-order valence-electron chi connectivity index (χ1n) is 7.63. The van der Waals surface area contributed by atoms with E-state index in [-0.39, 0.29) is 11.9 Å². The predicted molar refractivity (Wildman–Crippen MR) is 86.2 cm³/mol. The number of imidazole rings is 1. The normalized spacial score (nSPS) is 16.9. The Morgan fingerprint density at radius 3 is 2.70 bits per heavy atom. The van der Waals surface area contributed by atoms with Gasteiger partial charge in [-0.25, -0.2) is 9.97 Å². The Labute approximate surface area is 134 Å². The fourth-order valence-corrected chi connectivity index (χ4v) is 2.91. The summed E-state index contributed by atoms with van der Waals surface area (Å²) in [6.07, 6.45) is 7.85. The molecule has 1 aliphatic heterocycles. The molecule has 0 saturated carbocycles. The van der Waals surface area contributed by atoms with E-state index in [1.54, 1.807) is 29.4 Å². The Morgan fingerprint density at radius 2 is 2.00 bits per heavy atom. The highest BCUT2D eigenvalue weighted by Gasteiger charge is 2.33. The number of rotatable bonds is 3. The van der Waals surface area contributed by atoms with Crippen molar-refractivity contribution >= 4 is 5.91 Å². The van der Waals surface area contributed by atoms with Gasteiger partial charge in [-0.15, -0.1) is 0 Å². The van der Waals surface area contributed by atoms with Crippen molar-refractivity contribution in [3.63, 3.8) is 0 Å².